The molecular formula is C16H14F3N3O3S. The van der Waals surface area contributed by atoms with Crippen LogP contribution >= 0.6 is 0 Å². The number of nitrogens with zero attached hydrogens (tertiary/aromatic N) is 2. The van der Waals surface area contributed by atoms with Crippen molar-refractivity contribution in [1.82, 2.24) is 9.71 Å². The normalized spacial score (nSPS) is 14.6. The number of likely N-dealkylation sites (N-methyl/N-ethyl adjacent to an activating group) is 1. The number of rotatable bonds is 4. The number of sulfonamides is 1. The molecule has 10 heteroatoms. The summed E-state index contributed by atoms with van der Waals surface area (Å²) in [6.45, 7) is -0.533. The van der Waals surface area contributed by atoms with Crippen LogP contribution in [0.15, 0.2) is 36.7 Å². The maximum atomic E-state index is 12.4. The largest absolute Gasteiger partial charge is 0.511 e. The first kappa shape index (κ1) is 18.3. The number of aromatic nitrogens is 1. The molecule has 0 unspecified atom stereocenters. The molecule has 1 N–H and O–H groups in total. The lowest BCUT2D eigenvalue weighted by molar-refractivity contribution is -0.117. The summed E-state index contributed by atoms with van der Waals surface area (Å²) in [5.41, 5.74) is -2.09. The number of anilines is 1. The smallest absolute Gasteiger partial charge is 0.315 e. The molecule has 0 fully saturated rings. The van der Waals surface area contributed by atoms with Crippen molar-refractivity contribution in [2.75, 3.05) is 11.9 Å². The molecule has 0 spiro atoms. The lowest BCUT2D eigenvalue weighted by Gasteiger charge is -2.12. The summed E-state index contributed by atoms with van der Waals surface area (Å²) in [7, 11) is -3.73. The summed E-state index contributed by atoms with van der Waals surface area (Å²) >= 11 is 0. The maximum absolute atomic E-state index is 12.4. The van der Waals surface area contributed by atoms with Crippen LogP contribution in [0, 0.1) is 0 Å². The Kier molecular flexibility index (Phi) is 4.49. The molecule has 6 nitrogen and oxygen atoms in total. The van der Waals surface area contributed by atoms with Crippen molar-refractivity contribution in [3.05, 3.63) is 47.8 Å². The van der Waals surface area contributed by atoms with E-state index in [2.05, 4.69) is 4.98 Å². The number of carbonyl (C=O) groups excluding carboxylic acids is 1. The third-order valence-corrected chi connectivity index (χ3v) is 5.19. The minimum absolute atomic E-state index is 0.0226. The van der Waals surface area contributed by atoms with Crippen molar-refractivity contribution >= 4 is 21.6 Å². The van der Waals surface area contributed by atoms with Crippen LogP contribution in [0.3, 0.4) is 0 Å². The van der Waals surface area contributed by atoms with Gasteiger partial charge in [0.2, 0.25) is 5.91 Å². The first-order chi connectivity index (χ1) is 12.1. The zero-order chi connectivity index (χ0) is 19.1. The fourth-order valence-electron chi connectivity index (χ4n) is 2.65. The number of halogens is 3. The standard InChI is InChI=1S/C16H14F3N3O3S/c1-22-14-3-2-11(5-12(14)6-15(22)23)13-4-10(7-20-9-13)8-21-26(24,25)16(17,18)19/h2-5,7,9,21H,6,8H2,1H3. The Labute approximate surface area is 147 Å². The van der Waals surface area contributed by atoms with E-state index < -0.39 is 22.1 Å². The Hall–Kier alpha value is -2.46. The van der Waals surface area contributed by atoms with Crippen molar-refractivity contribution in [3.63, 3.8) is 0 Å². The van der Waals surface area contributed by atoms with Crippen LogP contribution in [0.2, 0.25) is 0 Å². The first-order valence-electron chi connectivity index (χ1n) is 7.48. The summed E-state index contributed by atoms with van der Waals surface area (Å²) < 4.78 is 60.8. The van der Waals surface area contributed by atoms with Gasteiger partial charge < -0.3 is 4.90 Å². The number of fused-ring (bicyclic) bond motifs is 1. The second-order valence-corrected chi connectivity index (χ2v) is 7.58. The van der Waals surface area contributed by atoms with E-state index in [1.807, 2.05) is 6.07 Å². The van der Waals surface area contributed by atoms with Gasteiger partial charge in [-0.05, 0) is 34.9 Å². The maximum Gasteiger partial charge on any atom is 0.511 e. The molecular weight excluding hydrogens is 371 g/mol. The molecule has 0 bridgehead atoms. The minimum Gasteiger partial charge on any atom is -0.315 e. The molecule has 3 rings (SSSR count). The monoisotopic (exact) mass is 385 g/mol. The summed E-state index contributed by atoms with van der Waals surface area (Å²) in [4.78, 5) is 17.3. The van der Waals surface area contributed by atoms with Gasteiger partial charge in [0.25, 0.3) is 0 Å². The summed E-state index contributed by atoms with van der Waals surface area (Å²) in [6, 6.07) is 6.93. The van der Waals surface area contributed by atoms with Crippen molar-refractivity contribution in [2.45, 2.75) is 18.5 Å². The molecule has 2 heterocycles. The molecule has 1 aliphatic rings. The molecule has 1 aromatic heterocycles. The van der Waals surface area contributed by atoms with Crippen LogP contribution in [0.1, 0.15) is 11.1 Å². The Morgan fingerprint density at radius 1 is 1.19 bits per heavy atom. The SMILES string of the molecule is CN1C(=O)Cc2cc(-c3cncc(CNS(=O)(=O)C(F)(F)F)c3)ccc21. The van der Waals surface area contributed by atoms with Crippen molar-refractivity contribution in [1.29, 1.82) is 0 Å². The highest BCUT2D eigenvalue weighted by Gasteiger charge is 2.45. The Bertz CT molecular complexity index is 974. The van der Waals surface area contributed by atoms with Gasteiger partial charge >= 0.3 is 15.5 Å². The Balaban J connectivity index is 1.83. The van der Waals surface area contributed by atoms with E-state index >= 15 is 0 Å². The van der Waals surface area contributed by atoms with Gasteiger partial charge in [0.15, 0.2) is 0 Å². The van der Waals surface area contributed by atoms with Crippen molar-refractivity contribution in [2.24, 2.45) is 0 Å². The van der Waals surface area contributed by atoms with E-state index in [1.165, 1.54) is 17.1 Å². The highest BCUT2D eigenvalue weighted by molar-refractivity contribution is 7.90. The molecule has 0 saturated carbocycles. The first-order valence-corrected chi connectivity index (χ1v) is 8.96. The number of carbonyl (C=O) groups is 1. The van der Waals surface area contributed by atoms with E-state index in [0.717, 1.165) is 16.8 Å². The van der Waals surface area contributed by atoms with Gasteiger partial charge in [-0.2, -0.15) is 13.2 Å². The van der Waals surface area contributed by atoms with Gasteiger partial charge in [0.05, 0.1) is 6.42 Å². The summed E-state index contributed by atoms with van der Waals surface area (Å²) in [6.07, 6.45) is 3.08. The lowest BCUT2D eigenvalue weighted by Crippen LogP contribution is -2.36. The van der Waals surface area contributed by atoms with E-state index in [9.17, 15) is 26.4 Å². The molecule has 0 saturated heterocycles. The Morgan fingerprint density at radius 3 is 2.62 bits per heavy atom. The van der Waals surface area contributed by atoms with Gasteiger partial charge in [0.1, 0.15) is 0 Å². The predicted molar refractivity (Wildman–Crippen MR) is 88.6 cm³/mol. The van der Waals surface area contributed by atoms with E-state index in [1.54, 1.807) is 30.1 Å². The van der Waals surface area contributed by atoms with Gasteiger partial charge in [-0.15, -0.1) is 0 Å². The molecule has 138 valence electrons. The quantitative estimate of drug-likeness (QED) is 0.875. The van der Waals surface area contributed by atoms with Crippen LogP contribution < -0.4 is 9.62 Å². The van der Waals surface area contributed by atoms with Crippen LogP contribution in [0.5, 0.6) is 0 Å². The number of nitrogens with one attached hydrogen (secondary N) is 1. The number of amides is 1. The number of hydrogen-bond donors (Lipinski definition) is 1. The molecule has 0 atom stereocenters. The molecule has 2 aromatic rings. The van der Waals surface area contributed by atoms with Crippen LogP contribution in [-0.4, -0.2) is 31.9 Å². The molecule has 26 heavy (non-hydrogen) atoms. The fourth-order valence-corrected chi connectivity index (χ4v) is 3.17. The van der Waals surface area contributed by atoms with Gasteiger partial charge in [-0.1, -0.05) is 6.07 Å². The van der Waals surface area contributed by atoms with Gasteiger partial charge in [0, 0.05) is 37.2 Å². The summed E-state index contributed by atoms with van der Waals surface area (Å²) in [5, 5.41) is 0. The number of hydrogen-bond acceptors (Lipinski definition) is 4. The molecule has 0 aliphatic carbocycles. The molecule has 1 aromatic carbocycles. The molecule has 1 aliphatic heterocycles. The van der Waals surface area contributed by atoms with E-state index in [-0.39, 0.29) is 17.9 Å². The molecule has 0 radical (unpaired) electrons. The van der Waals surface area contributed by atoms with Crippen molar-refractivity contribution < 1.29 is 26.4 Å². The average Bonchev–Trinajstić information content (AvgIpc) is 2.86. The highest BCUT2D eigenvalue weighted by Crippen LogP contribution is 2.32. The minimum atomic E-state index is -5.41. The Morgan fingerprint density at radius 2 is 1.92 bits per heavy atom. The van der Waals surface area contributed by atoms with E-state index in [4.69, 9.17) is 0 Å². The number of alkyl halides is 3. The summed E-state index contributed by atoms with van der Waals surface area (Å²) in [5.74, 6) is -0.0226. The van der Waals surface area contributed by atoms with Crippen LogP contribution in [-0.2, 0) is 27.8 Å². The fraction of sp³-hybridized carbons (Fsp3) is 0.250. The third kappa shape index (κ3) is 3.42. The number of benzene rings is 1. The van der Waals surface area contributed by atoms with Crippen molar-refractivity contribution in [3.8, 4) is 11.1 Å². The van der Waals surface area contributed by atoms with Crippen LogP contribution in [0.4, 0.5) is 18.9 Å². The van der Waals surface area contributed by atoms with Gasteiger partial charge in [-0.25, -0.2) is 13.1 Å². The second kappa shape index (κ2) is 6.36. The third-order valence-electron chi connectivity index (χ3n) is 4.06. The topological polar surface area (TPSA) is 79.4 Å². The van der Waals surface area contributed by atoms with Crippen LogP contribution in [0.25, 0.3) is 11.1 Å². The predicted octanol–water partition coefficient (Wildman–Crippen LogP) is 2.21. The zero-order valence-corrected chi connectivity index (χ0v) is 14.4. The molecule has 1 amide bonds. The zero-order valence-electron chi connectivity index (χ0n) is 13.5. The second-order valence-electron chi connectivity index (χ2n) is 5.83. The van der Waals surface area contributed by atoms with Gasteiger partial charge in [-0.3, -0.25) is 9.78 Å². The van der Waals surface area contributed by atoms with E-state index in [0.29, 0.717) is 5.56 Å². The number of pyridine rings is 1. The average molecular weight is 385 g/mol. The highest BCUT2D eigenvalue weighted by atomic mass is 32.2. The lowest BCUT2D eigenvalue weighted by atomic mass is 10.0.